The van der Waals surface area contributed by atoms with Crippen LogP contribution in [-0.2, 0) is 9.59 Å². The predicted molar refractivity (Wildman–Crippen MR) is 122 cm³/mol. The zero-order valence-corrected chi connectivity index (χ0v) is 18.8. The molecule has 2 amide bonds. The molecular formula is C25H24F2N4O2. The van der Waals surface area contributed by atoms with Crippen LogP contribution in [0, 0.1) is 18.7 Å². The molecule has 0 saturated carbocycles. The van der Waals surface area contributed by atoms with Gasteiger partial charge in [0, 0.05) is 23.1 Å². The third-order valence-corrected chi connectivity index (χ3v) is 5.74. The molecule has 0 bridgehead atoms. The Bertz CT molecular complexity index is 1260. The number of carbonyl (C=O) groups is 2. The molecule has 1 N–H and O–H groups in total. The fraction of sp³-hybridized carbons (Fsp3) is 0.280. The number of benzene rings is 1. The molecule has 8 heteroatoms. The number of rotatable bonds is 4. The summed E-state index contributed by atoms with van der Waals surface area (Å²) in [5.74, 6) is -2.79. The van der Waals surface area contributed by atoms with Crippen LogP contribution in [0.1, 0.15) is 49.6 Å². The second kappa shape index (κ2) is 8.69. The average Bonchev–Trinajstić information content (AvgIpc) is 2.83. The lowest BCUT2D eigenvalue weighted by atomic mass is 9.98. The summed E-state index contributed by atoms with van der Waals surface area (Å²) in [5, 5.41) is 2.64. The van der Waals surface area contributed by atoms with Gasteiger partial charge in [0.2, 0.25) is 17.8 Å². The van der Waals surface area contributed by atoms with E-state index in [2.05, 4.69) is 15.3 Å². The maximum atomic E-state index is 15.0. The molecule has 0 spiro atoms. The van der Waals surface area contributed by atoms with Gasteiger partial charge in [0.25, 0.3) is 0 Å². The number of halogens is 2. The quantitative estimate of drug-likeness (QED) is 0.571. The van der Waals surface area contributed by atoms with Crippen LogP contribution in [0.25, 0.3) is 11.1 Å². The molecule has 1 atom stereocenters. The largest absolute Gasteiger partial charge is 0.324 e. The van der Waals surface area contributed by atoms with E-state index in [4.69, 9.17) is 0 Å². The van der Waals surface area contributed by atoms with E-state index in [-0.39, 0.29) is 29.4 Å². The van der Waals surface area contributed by atoms with Crippen LogP contribution in [-0.4, -0.2) is 28.3 Å². The van der Waals surface area contributed by atoms with Crippen molar-refractivity contribution in [3.63, 3.8) is 0 Å². The number of amides is 2. The van der Waals surface area contributed by atoms with E-state index in [9.17, 15) is 14.0 Å². The number of hydrogen-bond acceptors (Lipinski definition) is 4. The molecule has 0 fully saturated rings. The van der Waals surface area contributed by atoms with Gasteiger partial charge in [-0.25, -0.2) is 9.37 Å². The van der Waals surface area contributed by atoms with E-state index in [1.54, 1.807) is 50.4 Å². The number of nitrogens with one attached hydrogen (secondary N) is 1. The average molecular weight is 450 g/mol. The van der Waals surface area contributed by atoms with Crippen molar-refractivity contribution < 1.29 is 18.4 Å². The molecule has 4 rings (SSSR count). The van der Waals surface area contributed by atoms with Crippen LogP contribution in [0.15, 0.2) is 42.6 Å². The van der Waals surface area contributed by atoms with Crippen molar-refractivity contribution in [2.75, 3.05) is 16.8 Å². The number of aromatic nitrogens is 2. The number of aryl methyl sites for hydroxylation is 1. The number of fused-ring (bicyclic) bond motifs is 3. The Morgan fingerprint density at radius 1 is 1.21 bits per heavy atom. The maximum Gasteiger partial charge on any atom is 0.244 e. The molecule has 2 aromatic heterocycles. The summed E-state index contributed by atoms with van der Waals surface area (Å²) in [6.45, 7) is 6.67. The first-order chi connectivity index (χ1) is 15.7. The Morgan fingerprint density at radius 2 is 1.97 bits per heavy atom. The van der Waals surface area contributed by atoms with Crippen molar-refractivity contribution in [2.24, 2.45) is 0 Å². The van der Waals surface area contributed by atoms with E-state index in [1.807, 2.05) is 13.8 Å². The van der Waals surface area contributed by atoms with Gasteiger partial charge in [0.05, 0.1) is 22.9 Å². The topological polar surface area (TPSA) is 75.2 Å². The first-order valence-electron chi connectivity index (χ1n) is 10.7. The van der Waals surface area contributed by atoms with Gasteiger partial charge in [0.15, 0.2) is 0 Å². The van der Waals surface area contributed by atoms with Crippen molar-refractivity contribution in [2.45, 2.75) is 39.5 Å². The summed E-state index contributed by atoms with van der Waals surface area (Å²) >= 11 is 0. The fourth-order valence-electron chi connectivity index (χ4n) is 4.10. The molecule has 0 unspecified atom stereocenters. The lowest BCUT2D eigenvalue weighted by Gasteiger charge is -2.24. The van der Waals surface area contributed by atoms with Crippen LogP contribution in [0.3, 0.4) is 0 Å². The molecule has 0 saturated heterocycles. The summed E-state index contributed by atoms with van der Waals surface area (Å²) < 4.78 is 29.4. The first-order valence-corrected chi connectivity index (χ1v) is 10.7. The highest BCUT2D eigenvalue weighted by Gasteiger charge is 2.35. The number of nitrogens with zero attached hydrogens (tertiary/aromatic N) is 3. The molecule has 1 aliphatic heterocycles. The van der Waals surface area contributed by atoms with Gasteiger partial charge in [-0.1, -0.05) is 26.0 Å². The Morgan fingerprint density at radius 3 is 2.67 bits per heavy atom. The van der Waals surface area contributed by atoms with Crippen LogP contribution < -0.4 is 10.2 Å². The fourth-order valence-corrected chi connectivity index (χ4v) is 4.10. The maximum absolute atomic E-state index is 15.0. The van der Waals surface area contributed by atoms with Gasteiger partial charge in [-0.2, -0.15) is 4.39 Å². The first kappa shape index (κ1) is 22.5. The van der Waals surface area contributed by atoms with E-state index < -0.39 is 29.5 Å². The van der Waals surface area contributed by atoms with Crippen LogP contribution in [0.4, 0.5) is 20.2 Å². The summed E-state index contributed by atoms with van der Waals surface area (Å²) in [4.78, 5) is 35.7. The number of carbonyl (C=O) groups excluding carboxylic acids is 2. The van der Waals surface area contributed by atoms with Gasteiger partial charge in [-0.15, -0.1) is 0 Å². The molecule has 33 heavy (non-hydrogen) atoms. The highest BCUT2D eigenvalue weighted by Crippen LogP contribution is 2.41. The van der Waals surface area contributed by atoms with Crippen molar-refractivity contribution >= 4 is 23.2 Å². The van der Waals surface area contributed by atoms with Crippen molar-refractivity contribution in [3.8, 4) is 11.1 Å². The summed E-state index contributed by atoms with van der Waals surface area (Å²) in [6, 6.07) is 9.42. The van der Waals surface area contributed by atoms with Gasteiger partial charge >= 0.3 is 0 Å². The molecule has 3 aromatic rings. The highest BCUT2D eigenvalue weighted by molar-refractivity contribution is 6.09. The standard InChI is InChI=1S/C25H24F2N4O2/c1-13(2)17-8-7-16(11-19(17)26)30-21(32)12-31-20-10-14(3)29-24(27)22(20)18-6-5-9-28-23(18)15(4)25(31)33/h5-11,13,15H,12H2,1-4H3,(H,30,32)/t15-/m1/s1. The molecule has 6 nitrogen and oxygen atoms in total. The minimum Gasteiger partial charge on any atom is -0.324 e. The summed E-state index contributed by atoms with van der Waals surface area (Å²) in [6.07, 6.45) is 1.54. The van der Waals surface area contributed by atoms with Crippen LogP contribution in [0.5, 0.6) is 0 Å². The van der Waals surface area contributed by atoms with E-state index in [1.165, 1.54) is 11.0 Å². The van der Waals surface area contributed by atoms with Crippen LogP contribution in [0.2, 0.25) is 0 Å². The van der Waals surface area contributed by atoms with Gasteiger partial charge in [-0.3, -0.25) is 14.6 Å². The van der Waals surface area contributed by atoms with Crippen molar-refractivity contribution in [1.82, 2.24) is 9.97 Å². The zero-order valence-electron chi connectivity index (χ0n) is 18.8. The molecule has 1 aromatic carbocycles. The zero-order chi connectivity index (χ0) is 23.9. The lowest BCUT2D eigenvalue weighted by Crippen LogP contribution is -2.40. The SMILES string of the molecule is Cc1cc2c(c(F)n1)-c1cccnc1[C@@H](C)C(=O)N2CC(=O)Nc1ccc(C(C)C)c(F)c1. The number of hydrogen-bond donors (Lipinski definition) is 1. The Labute approximate surface area is 190 Å². The number of pyridine rings is 2. The van der Waals surface area contributed by atoms with Gasteiger partial charge < -0.3 is 10.2 Å². The molecule has 0 aliphatic carbocycles. The molecule has 0 radical (unpaired) electrons. The molecule has 3 heterocycles. The Hall–Kier alpha value is -3.68. The molecule has 170 valence electrons. The third kappa shape index (κ3) is 4.20. The summed E-state index contributed by atoms with van der Waals surface area (Å²) in [5.41, 5.74) is 2.45. The Balaban J connectivity index is 1.70. The van der Waals surface area contributed by atoms with E-state index >= 15 is 4.39 Å². The van der Waals surface area contributed by atoms with Gasteiger partial charge in [-0.05, 0) is 49.6 Å². The highest BCUT2D eigenvalue weighted by atomic mass is 19.1. The van der Waals surface area contributed by atoms with Crippen LogP contribution >= 0.6 is 0 Å². The molecular weight excluding hydrogens is 426 g/mol. The predicted octanol–water partition coefficient (Wildman–Crippen LogP) is 4.94. The van der Waals surface area contributed by atoms with Crippen molar-refractivity contribution in [3.05, 3.63) is 71.3 Å². The Kier molecular flexibility index (Phi) is 5.93. The normalized spacial score (nSPS) is 15.2. The van der Waals surface area contributed by atoms with Gasteiger partial charge in [0.1, 0.15) is 12.4 Å². The van der Waals surface area contributed by atoms with E-state index in [0.29, 0.717) is 22.5 Å². The van der Waals surface area contributed by atoms with Crippen molar-refractivity contribution in [1.29, 1.82) is 0 Å². The second-order valence-electron chi connectivity index (χ2n) is 8.47. The second-order valence-corrected chi connectivity index (χ2v) is 8.47. The van der Waals surface area contributed by atoms with E-state index in [0.717, 1.165) is 0 Å². The molecule has 1 aliphatic rings. The minimum atomic E-state index is -0.738. The lowest BCUT2D eigenvalue weighted by molar-refractivity contribution is -0.122. The number of anilines is 2. The third-order valence-electron chi connectivity index (χ3n) is 5.74. The monoisotopic (exact) mass is 450 g/mol. The summed E-state index contributed by atoms with van der Waals surface area (Å²) in [7, 11) is 0. The minimum absolute atomic E-state index is 0.00412. The smallest absolute Gasteiger partial charge is 0.244 e.